The fourth-order valence-electron chi connectivity index (χ4n) is 2.62. The van der Waals surface area contributed by atoms with E-state index in [-0.39, 0.29) is 11.3 Å². The molecule has 0 fully saturated rings. The van der Waals surface area contributed by atoms with Gasteiger partial charge in [0.15, 0.2) is 0 Å². The largest absolute Gasteiger partial charge is 0.216 e. The van der Waals surface area contributed by atoms with Crippen LogP contribution in [0.3, 0.4) is 0 Å². The van der Waals surface area contributed by atoms with Crippen molar-refractivity contribution in [1.82, 2.24) is 4.31 Å². The third kappa shape index (κ3) is 2.31. The predicted molar refractivity (Wildman–Crippen MR) is 73.9 cm³/mol. The Morgan fingerprint density at radius 1 is 1.28 bits per heavy atom. The Kier molecular flexibility index (Phi) is 3.78. The Labute approximate surface area is 110 Å². The second-order valence-electron chi connectivity index (χ2n) is 5.22. The van der Waals surface area contributed by atoms with Gasteiger partial charge in [0.25, 0.3) is 0 Å². The molecule has 0 bridgehead atoms. The molecule has 1 aromatic rings. The molecule has 1 atom stereocenters. The molecule has 0 spiro atoms. The topological polar surface area (TPSA) is 37.4 Å². The molecule has 3 nitrogen and oxygen atoms in total. The molecule has 0 radical (unpaired) electrons. The molecule has 1 aliphatic rings. The van der Waals surface area contributed by atoms with Crippen molar-refractivity contribution in [2.75, 3.05) is 7.05 Å². The summed E-state index contributed by atoms with van der Waals surface area (Å²) in [5.74, 6) is 0. The van der Waals surface area contributed by atoms with Crippen molar-refractivity contribution in [2.24, 2.45) is 0 Å². The summed E-state index contributed by atoms with van der Waals surface area (Å²) in [6.45, 7) is 3.47. The molecular formula is C14H21NO2S. The highest BCUT2D eigenvalue weighted by molar-refractivity contribution is 7.89. The van der Waals surface area contributed by atoms with E-state index in [1.807, 2.05) is 12.1 Å². The van der Waals surface area contributed by atoms with Crippen molar-refractivity contribution < 1.29 is 8.42 Å². The smallest absolute Gasteiger partial charge is 0.212 e. The van der Waals surface area contributed by atoms with Gasteiger partial charge in [-0.15, -0.1) is 0 Å². The Balaban J connectivity index is 2.37. The minimum absolute atomic E-state index is 0.00218. The van der Waals surface area contributed by atoms with Gasteiger partial charge in [0.2, 0.25) is 10.0 Å². The van der Waals surface area contributed by atoms with Crippen molar-refractivity contribution in [3.05, 3.63) is 35.4 Å². The Bertz CT molecular complexity index is 522. The number of hydrogen-bond donors (Lipinski definition) is 0. The molecule has 2 rings (SSSR count). The summed E-state index contributed by atoms with van der Waals surface area (Å²) in [6.07, 6.45) is 3.03. The molecule has 0 aromatic heterocycles. The van der Waals surface area contributed by atoms with E-state index in [0.717, 1.165) is 19.3 Å². The SMILES string of the molecule is CC(C)S(=O)(=O)N(C)C1CCCc2ccccc21. The summed E-state index contributed by atoms with van der Waals surface area (Å²) >= 11 is 0. The van der Waals surface area contributed by atoms with Gasteiger partial charge < -0.3 is 0 Å². The van der Waals surface area contributed by atoms with E-state index in [4.69, 9.17) is 0 Å². The lowest BCUT2D eigenvalue weighted by Gasteiger charge is -2.33. The maximum atomic E-state index is 12.3. The Morgan fingerprint density at radius 2 is 1.94 bits per heavy atom. The molecule has 0 saturated carbocycles. The van der Waals surface area contributed by atoms with Crippen LogP contribution in [0, 0.1) is 0 Å². The van der Waals surface area contributed by atoms with Crippen LogP contribution >= 0.6 is 0 Å². The number of aryl methyl sites for hydroxylation is 1. The van der Waals surface area contributed by atoms with Gasteiger partial charge in [-0.1, -0.05) is 24.3 Å². The zero-order valence-corrected chi connectivity index (χ0v) is 12.1. The summed E-state index contributed by atoms with van der Waals surface area (Å²) in [5.41, 5.74) is 2.47. The van der Waals surface area contributed by atoms with E-state index in [1.54, 1.807) is 25.2 Å². The van der Waals surface area contributed by atoms with Crippen molar-refractivity contribution in [3.63, 3.8) is 0 Å². The highest BCUT2D eigenvalue weighted by Gasteiger charge is 2.32. The number of hydrogen-bond acceptors (Lipinski definition) is 2. The van der Waals surface area contributed by atoms with Crippen molar-refractivity contribution in [1.29, 1.82) is 0 Å². The molecule has 100 valence electrons. The molecule has 0 aliphatic heterocycles. The van der Waals surface area contributed by atoms with Crippen LogP contribution < -0.4 is 0 Å². The Hall–Kier alpha value is -0.870. The van der Waals surface area contributed by atoms with Gasteiger partial charge in [0, 0.05) is 13.1 Å². The quantitative estimate of drug-likeness (QED) is 0.844. The van der Waals surface area contributed by atoms with Gasteiger partial charge in [-0.25, -0.2) is 8.42 Å². The average molecular weight is 267 g/mol. The zero-order valence-electron chi connectivity index (χ0n) is 11.3. The second-order valence-corrected chi connectivity index (χ2v) is 7.77. The standard InChI is InChI=1S/C14H21NO2S/c1-11(2)18(16,17)15(3)14-10-6-8-12-7-4-5-9-13(12)14/h4-5,7,9,11,14H,6,8,10H2,1-3H3. The molecular weight excluding hydrogens is 246 g/mol. The average Bonchev–Trinajstić information content (AvgIpc) is 2.37. The van der Waals surface area contributed by atoms with Crippen LogP contribution in [0.5, 0.6) is 0 Å². The molecule has 0 N–H and O–H groups in total. The van der Waals surface area contributed by atoms with Gasteiger partial charge in [-0.05, 0) is 44.2 Å². The molecule has 1 unspecified atom stereocenters. The molecule has 0 heterocycles. The first kappa shape index (κ1) is 13.6. The number of rotatable bonds is 3. The molecule has 1 aromatic carbocycles. The lowest BCUT2D eigenvalue weighted by atomic mass is 9.88. The highest BCUT2D eigenvalue weighted by Crippen LogP contribution is 2.35. The number of sulfonamides is 1. The van der Waals surface area contributed by atoms with E-state index in [1.165, 1.54) is 11.1 Å². The van der Waals surface area contributed by atoms with E-state index < -0.39 is 10.0 Å². The molecule has 1 aliphatic carbocycles. The van der Waals surface area contributed by atoms with Crippen LogP contribution in [0.25, 0.3) is 0 Å². The molecule has 18 heavy (non-hydrogen) atoms. The van der Waals surface area contributed by atoms with Crippen LogP contribution in [0.1, 0.15) is 43.9 Å². The predicted octanol–water partition coefficient (Wildman–Crippen LogP) is 2.73. The van der Waals surface area contributed by atoms with E-state index in [0.29, 0.717) is 0 Å². The summed E-state index contributed by atoms with van der Waals surface area (Å²) in [6, 6.07) is 8.19. The van der Waals surface area contributed by atoms with Gasteiger partial charge in [0.05, 0.1) is 5.25 Å². The molecule has 0 saturated heterocycles. The maximum Gasteiger partial charge on any atom is 0.216 e. The second kappa shape index (κ2) is 5.02. The van der Waals surface area contributed by atoms with Crippen LogP contribution in [0.4, 0.5) is 0 Å². The van der Waals surface area contributed by atoms with Crippen LogP contribution in [-0.2, 0) is 16.4 Å². The van der Waals surface area contributed by atoms with E-state index >= 15 is 0 Å². The summed E-state index contributed by atoms with van der Waals surface area (Å²) in [5, 5.41) is -0.364. The normalized spacial score (nSPS) is 20.2. The fourth-order valence-corrected chi connectivity index (χ4v) is 3.85. The van der Waals surface area contributed by atoms with E-state index in [2.05, 4.69) is 12.1 Å². The first-order valence-electron chi connectivity index (χ1n) is 6.49. The number of fused-ring (bicyclic) bond motifs is 1. The van der Waals surface area contributed by atoms with Crippen molar-refractivity contribution in [3.8, 4) is 0 Å². The van der Waals surface area contributed by atoms with Crippen LogP contribution in [-0.4, -0.2) is 25.0 Å². The first-order valence-corrected chi connectivity index (χ1v) is 7.99. The summed E-state index contributed by atoms with van der Waals surface area (Å²) in [7, 11) is -1.48. The Morgan fingerprint density at radius 3 is 2.61 bits per heavy atom. The highest BCUT2D eigenvalue weighted by atomic mass is 32.2. The van der Waals surface area contributed by atoms with Gasteiger partial charge in [-0.3, -0.25) is 0 Å². The van der Waals surface area contributed by atoms with Crippen LogP contribution in [0.2, 0.25) is 0 Å². The number of benzene rings is 1. The minimum atomic E-state index is -3.19. The summed E-state index contributed by atoms with van der Waals surface area (Å²) < 4.78 is 26.1. The lowest BCUT2D eigenvalue weighted by molar-refractivity contribution is 0.334. The minimum Gasteiger partial charge on any atom is -0.212 e. The third-order valence-electron chi connectivity index (χ3n) is 3.77. The molecule has 0 amide bonds. The van der Waals surface area contributed by atoms with Crippen molar-refractivity contribution >= 4 is 10.0 Å². The first-order chi connectivity index (χ1) is 8.44. The van der Waals surface area contributed by atoms with Crippen molar-refractivity contribution in [2.45, 2.75) is 44.4 Å². The van der Waals surface area contributed by atoms with Crippen LogP contribution in [0.15, 0.2) is 24.3 Å². The maximum absolute atomic E-state index is 12.3. The third-order valence-corrected chi connectivity index (χ3v) is 6.02. The van der Waals surface area contributed by atoms with Gasteiger partial charge >= 0.3 is 0 Å². The van der Waals surface area contributed by atoms with Gasteiger partial charge in [0.1, 0.15) is 0 Å². The van der Waals surface area contributed by atoms with Gasteiger partial charge in [-0.2, -0.15) is 4.31 Å². The zero-order chi connectivity index (χ0) is 13.3. The number of nitrogens with zero attached hydrogens (tertiary/aromatic N) is 1. The molecule has 4 heteroatoms. The van der Waals surface area contributed by atoms with E-state index in [9.17, 15) is 8.42 Å². The fraction of sp³-hybridized carbons (Fsp3) is 0.571. The lowest BCUT2D eigenvalue weighted by Crippen LogP contribution is -2.37. The monoisotopic (exact) mass is 267 g/mol. The summed E-state index contributed by atoms with van der Waals surface area (Å²) in [4.78, 5) is 0.